The van der Waals surface area contributed by atoms with E-state index in [9.17, 15) is 4.79 Å². The predicted octanol–water partition coefficient (Wildman–Crippen LogP) is 2.98. The number of nitrogens with zero attached hydrogens (tertiary/aromatic N) is 1. The molecule has 110 valence electrons. The fourth-order valence-corrected chi connectivity index (χ4v) is 3.17. The van der Waals surface area contributed by atoms with E-state index in [0.29, 0.717) is 13.1 Å². The normalized spacial score (nSPS) is 15.5. The molecule has 1 aromatic carbocycles. The van der Waals surface area contributed by atoms with Crippen LogP contribution in [-0.2, 0) is 12.0 Å². The molecule has 3 rings (SSSR count). The smallest absolute Gasteiger partial charge is 0.315 e. The van der Waals surface area contributed by atoms with Gasteiger partial charge >= 0.3 is 6.03 Å². The summed E-state index contributed by atoms with van der Waals surface area (Å²) < 4.78 is 0. The molecule has 21 heavy (non-hydrogen) atoms. The average molecular weight is 301 g/mol. The van der Waals surface area contributed by atoms with Crippen LogP contribution in [-0.4, -0.2) is 17.6 Å². The van der Waals surface area contributed by atoms with E-state index in [0.717, 1.165) is 23.5 Å². The molecule has 0 radical (unpaired) electrons. The molecule has 0 bridgehead atoms. The highest BCUT2D eigenvalue weighted by molar-refractivity contribution is 7.09. The van der Waals surface area contributed by atoms with Crippen molar-refractivity contribution in [3.63, 3.8) is 0 Å². The zero-order valence-electron chi connectivity index (χ0n) is 12.1. The first-order valence-corrected chi connectivity index (χ1v) is 8.04. The van der Waals surface area contributed by atoms with Crippen LogP contribution < -0.4 is 10.6 Å². The first-order chi connectivity index (χ1) is 10.2. The minimum absolute atomic E-state index is 0.120. The molecule has 1 aliphatic rings. The van der Waals surface area contributed by atoms with E-state index in [1.54, 1.807) is 11.3 Å². The summed E-state index contributed by atoms with van der Waals surface area (Å²) in [5, 5.41) is 8.78. The van der Waals surface area contributed by atoms with Gasteiger partial charge in [0.1, 0.15) is 5.01 Å². The number of aromatic nitrogens is 1. The Morgan fingerprint density at radius 2 is 2.05 bits per heavy atom. The van der Waals surface area contributed by atoms with Gasteiger partial charge in [0, 0.05) is 23.0 Å². The maximum absolute atomic E-state index is 11.9. The van der Waals surface area contributed by atoms with E-state index in [-0.39, 0.29) is 11.4 Å². The Hall–Kier alpha value is -1.88. The standard InChI is InChI=1S/C16H19N3OS/c1-12-10-21-14(19-12)9-17-15(20)18-11-16(7-8-16)13-5-3-2-4-6-13/h2-6,10H,7-9,11H2,1H3,(H2,17,18,20). The number of aryl methyl sites for hydroxylation is 1. The van der Waals surface area contributed by atoms with E-state index < -0.39 is 0 Å². The van der Waals surface area contributed by atoms with Crippen LogP contribution in [0.15, 0.2) is 35.7 Å². The second kappa shape index (κ2) is 5.85. The minimum atomic E-state index is -0.120. The fraction of sp³-hybridized carbons (Fsp3) is 0.375. The first-order valence-electron chi connectivity index (χ1n) is 7.16. The molecule has 0 aliphatic heterocycles. The Labute approximate surface area is 128 Å². The van der Waals surface area contributed by atoms with E-state index >= 15 is 0 Å². The summed E-state index contributed by atoms with van der Waals surface area (Å²) in [5.74, 6) is 0. The van der Waals surface area contributed by atoms with Gasteiger partial charge in [0.05, 0.1) is 6.54 Å². The number of carbonyl (C=O) groups excluding carboxylic acids is 1. The van der Waals surface area contributed by atoms with E-state index in [1.807, 2.05) is 18.4 Å². The lowest BCUT2D eigenvalue weighted by molar-refractivity contribution is 0.239. The van der Waals surface area contributed by atoms with Gasteiger partial charge in [-0.2, -0.15) is 0 Å². The van der Waals surface area contributed by atoms with Crippen LogP contribution in [0.4, 0.5) is 4.79 Å². The number of hydrogen-bond donors (Lipinski definition) is 2. The van der Waals surface area contributed by atoms with Crippen molar-refractivity contribution in [2.24, 2.45) is 0 Å². The van der Waals surface area contributed by atoms with Crippen LogP contribution in [0.3, 0.4) is 0 Å². The van der Waals surface area contributed by atoms with Crippen LogP contribution in [0.2, 0.25) is 0 Å². The Kier molecular flexibility index (Phi) is 3.92. The third kappa shape index (κ3) is 3.42. The number of rotatable bonds is 5. The molecule has 2 aromatic rings. The summed E-state index contributed by atoms with van der Waals surface area (Å²) in [4.78, 5) is 16.2. The van der Waals surface area contributed by atoms with Crippen LogP contribution in [0.1, 0.15) is 29.1 Å². The molecule has 0 atom stereocenters. The van der Waals surface area contributed by atoms with Gasteiger partial charge in [-0.1, -0.05) is 30.3 Å². The monoisotopic (exact) mass is 301 g/mol. The quantitative estimate of drug-likeness (QED) is 0.892. The highest BCUT2D eigenvalue weighted by Crippen LogP contribution is 2.47. The van der Waals surface area contributed by atoms with Crippen molar-refractivity contribution in [2.45, 2.75) is 31.7 Å². The lowest BCUT2D eigenvalue weighted by Crippen LogP contribution is -2.39. The minimum Gasteiger partial charge on any atom is -0.337 e. The highest BCUT2D eigenvalue weighted by Gasteiger charge is 2.44. The Morgan fingerprint density at radius 1 is 1.29 bits per heavy atom. The highest BCUT2D eigenvalue weighted by atomic mass is 32.1. The molecule has 0 spiro atoms. The Balaban J connectivity index is 1.48. The van der Waals surface area contributed by atoms with E-state index in [4.69, 9.17) is 0 Å². The van der Waals surface area contributed by atoms with Crippen molar-refractivity contribution in [3.8, 4) is 0 Å². The lowest BCUT2D eigenvalue weighted by Gasteiger charge is -2.16. The molecule has 1 fully saturated rings. The van der Waals surface area contributed by atoms with Crippen LogP contribution in [0.25, 0.3) is 0 Å². The number of urea groups is 1. The largest absolute Gasteiger partial charge is 0.337 e. The number of benzene rings is 1. The Morgan fingerprint density at radius 3 is 2.67 bits per heavy atom. The number of thiazole rings is 1. The van der Waals surface area contributed by atoms with Gasteiger partial charge in [-0.15, -0.1) is 11.3 Å². The molecule has 4 nitrogen and oxygen atoms in total. The molecular formula is C16H19N3OS. The summed E-state index contributed by atoms with van der Waals surface area (Å²) in [5.41, 5.74) is 2.47. The van der Waals surface area contributed by atoms with Crippen molar-refractivity contribution in [2.75, 3.05) is 6.54 Å². The molecular weight excluding hydrogens is 282 g/mol. The summed E-state index contributed by atoms with van der Waals surface area (Å²) in [6.45, 7) is 3.14. The van der Waals surface area contributed by atoms with Crippen LogP contribution >= 0.6 is 11.3 Å². The van der Waals surface area contributed by atoms with Crippen molar-refractivity contribution in [1.29, 1.82) is 0 Å². The SMILES string of the molecule is Cc1csc(CNC(=O)NCC2(c3ccccc3)CC2)n1. The second-order valence-electron chi connectivity index (χ2n) is 5.57. The third-order valence-electron chi connectivity index (χ3n) is 3.89. The van der Waals surface area contributed by atoms with Gasteiger partial charge < -0.3 is 10.6 Å². The fourth-order valence-electron chi connectivity index (χ4n) is 2.46. The second-order valence-corrected chi connectivity index (χ2v) is 6.51. The van der Waals surface area contributed by atoms with Crippen molar-refractivity contribution >= 4 is 17.4 Å². The van der Waals surface area contributed by atoms with Gasteiger partial charge in [0.25, 0.3) is 0 Å². The topological polar surface area (TPSA) is 54.0 Å². The molecule has 0 saturated heterocycles. The van der Waals surface area contributed by atoms with Crippen LogP contribution in [0, 0.1) is 6.92 Å². The zero-order chi connectivity index (χ0) is 14.7. The van der Waals surface area contributed by atoms with E-state index in [1.165, 1.54) is 5.56 Å². The maximum atomic E-state index is 11.9. The lowest BCUT2D eigenvalue weighted by atomic mass is 9.96. The number of nitrogens with one attached hydrogen (secondary N) is 2. The molecule has 1 aliphatic carbocycles. The van der Waals surface area contributed by atoms with Crippen molar-refractivity contribution in [1.82, 2.24) is 15.6 Å². The number of carbonyl (C=O) groups is 1. The molecule has 2 amide bonds. The average Bonchev–Trinajstić information content (AvgIpc) is 3.20. The molecule has 0 unspecified atom stereocenters. The first kappa shape index (κ1) is 14.1. The third-order valence-corrected chi connectivity index (χ3v) is 4.86. The van der Waals surface area contributed by atoms with Gasteiger partial charge in [-0.3, -0.25) is 0 Å². The Bertz CT molecular complexity index is 619. The molecule has 5 heteroatoms. The van der Waals surface area contributed by atoms with E-state index in [2.05, 4.69) is 39.9 Å². The van der Waals surface area contributed by atoms with Crippen molar-refractivity contribution in [3.05, 3.63) is 52.0 Å². The molecule has 1 heterocycles. The number of amides is 2. The van der Waals surface area contributed by atoms with Gasteiger partial charge in [0.15, 0.2) is 0 Å². The molecule has 1 saturated carbocycles. The van der Waals surface area contributed by atoms with Crippen LogP contribution in [0.5, 0.6) is 0 Å². The summed E-state index contributed by atoms with van der Waals surface area (Å²) in [6, 6.07) is 10.3. The number of hydrogen-bond acceptors (Lipinski definition) is 3. The van der Waals surface area contributed by atoms with Crippen molar-refractivity contribution < 1.29 is 4.79 Å². The zero-order valence-corrected chi connectivity index (χ0v) is 12.9. The summed E-state index contributed by atoms with van der Waals surface area (Å²) in [6.07, 6.45) is 2.28. The molecule has 2 N–H and O–H groups in total. The van der Waals surface area contributed by atoms with Gasteiger partial charge in [-0.25, -0.2) is 9.78 Å². The molecule has 1 aromatic heterocycles. The summed E-state index contributed by atoms with van der Waals surface area (Å²) >= 11 is 1.57. The van der Waals surface area contributed by atoms with Gasteiger partial charge in [-0.05, 0) is 25.3 Å². The predicted molar refractivity (Wildman–Crippen MR) is 84.4 cm³/mol. The summed E-state index contributed by atoms with van der Waals surface area (Å²) in [7, 11) is 0. The van der Waals surface area contributed by atoms with Gasteiger partial charge in [0.2, 0.25) is 0 Å². The maximum Gasteiger partial charge on any atom is 0.315 e.